The molecule has 0 aliphatic rings. The summed E-state index contributed by atoms with van der Waals surface area (Å²) in [6, 6.07) is 0.759. The highest BCUT2D eigenvalue weighted by Crippen LogP contribution is 2.31. The number of halogens is 3. The molecule has 0 bridgehead atoms. The Morgan fingerprint density at radius 3 is 2.52 bits per heavy atom. The summed E-state index contributed by atoms with van der Waals surface area (Å²) >= 11 is 1.46. The number of ketones is 1. The zero-order valence-electron chi connectivity index (χ0n) is 16.4. The number of aryl methyl sites for hydroxylation is 2. The van der Waals surface area contributed by atoms with Gasteiger partial charge in [0.15, 0.2) is 0 Å². The van der Waals surface area contributed by atoms with E-state index in [1.807, 2.05) is 20.8 Å². The minimum Gasteiger partial charge on any atom is -0.318 e. The van der Waals surface area contributed by atoms with E-state index < -0.39 is 17.3 Å². The number of carbonyl (C=O) groups is 1. The van der Waals surface area contributed by atoms with Gasteiger partial charge in [0, 0.05) is 37.8 Å². The fourth-order valence-electron chi connectivity index (χ4n) is 3.37. The molecule has 3 rings (SSSR count). The molecule has 9 heteroatoms. The van der Waals surface area contributed by atoms with E-state index in [2.05, 4.69) is 9.97 Å². The minimum atomic E-state index is -4.59. The van der Waals surface area contributed by atoms with Crippen molar-refractivity contribution in [2.24, 2.45) is 7.05 Å². The van der Waals surface area contributed by atoms with Crippen molar-refractivity contribution >= 4 is 27.5 Å². The van der Waals surface area contributed by atoms with E-state index in [-0.39, 0.29) is 30.1 Å². The lowest BCUT2D eigenvalue weighted by atomic mass is 9.93. The Morgan fingerprint density at radius 1 is 1.24 bits per heavy atom. The van der Waals surface area contributed by atoms with Crippen molar-refractivity contribution in [1.82, 2.24) is 14.5 Å². The normalized spacial score (nSPS) is 12.1. The lowest BCUT2D eigenvalue weighted by Gasteiger charge is -2.13. The molecule has 0 unspecified atom stereocenters. The molecular weight excluding hydrogens is 403 g/mol. The Labute approximate surface area is 169 Å². The molecule has 3 heterocycles. The molecule has 0 N–H and O–H groups in total. The Bertz CT molecular complexity index is 1150. The van der Waals surface area contributed by atoms with Gasteiger partial charge in [-0.2, -0.15) is 13.2 Å². The van der Waals surface area contributed by atoms with Crippen LogP contribution in [0.1, 0.15) is 47.0 Å². The second-order valence-corrected chi connectivity index (χ2v) is 8.48. The van der Waals surface area contributed by atoms with Crippen LogP contribution in [0.3, 0.4) is 0 Å². The van der Waals surface area contributed by atoms with Gasteiger partial charge in [0.25, 0.3) is 5.56 Å². The maximum atomic E-state index is 13.0. The summed E-state index contributed by atoms with van der Waals surface area (Å²) in [5, 5.41) is 0.866. The summed E-state index contributed by atoms with van der Waals surface area (Å²) in [5.74, 6) is -0.261. The molecule has 0 aromatic carbocycles. The highest BCUT2D eigenvalue weighted by atomic mass is 32.1. The van der Waals surface area contributed by atoms with Gasteiger partial charge in [0.1, 0.15) is 16.1 Å². The molecule has 3 aromatic heterocycles. The molecule has 0 atom stereocenters. The summed E-state index contributed by atoms with van der Waals surface area (Å²) in [6.07, 6.45) is -2.63. The van der Waals surface area contributed by atoms with Crippen LogP contribution in [0, 0.1) is 6.92 Å². The number of carbonyl (C=O) groups excluding carboxylic acids is 1. The number of rotatable bonds is 5. The van der Waals surface area contributed by atoms with Crippen LogP contribution in [0.4, 0.5) is 13.2 Å². The largest absolute Gasteiger partial charge is 0.417 e. The fraction of sp³-hybridized carbons (Fsp3) is 0.400. The van der Waals surface area contributed by atoms with Crippen LogP contribution in [0.2, 0.25) is 0 Å². The quantitative estimate of drug-likeness (QED) is 0.617. The predicted molar refractivity (Wildman–Crippen MR) is 105 cm³/mol. The number of hydrogen-bond donors (Lipinski definition) is 0. The molecule has 5 nitrogen and oxygen atoms in total. The summed E-state index contributed by atoms with van der Waals surface area (Å²) < 4.78 is 40.0. The van der Waals surface area contributed by atoms with Gasteiger partial charge < -0.3 is 4.57 Å². The second kappa shape index (κ2) is 7.70. The van der Waals surface area contributed by atoms with E-state index >= 15 is 0 Å². The monoisotopic (exact) mass is 423 g/mol. The van der Waals surface area contributed by atoms with Gasteiger partial charge in [-0.3, -0.25) is 9.59 Å². The van der Waals surface area contributed by atoms with Gasteiger partial charge in [-0.05, 0) is 30.0 Å². The number of thiazole rings is 1. The van der Waals surface area contributed by atoms with Crippen LogP contribution in [-0.2, 0) is 30.9 Å². The van der Waals surface area contributed by atoms with E-state index in [0.29, 0.717) is 5.56 Å². The average molecular weight is 423 g/mol. The number of nitrogens with zero attached hydrogens (tertiary/aromatic N) is 3. The first-order chi connectivity index (χ1) is 13.5. The highest BCUT2D eigenvalue weighted by Gasteiger charge is 2.32. The lowest BCUT2D eigenvalue weighted by Crippen LogP contribution is -2.25. The molecule has 154 valence electrons. The molecule has 0 amide bonds. The standard InChI is InChI=1S/C20H20F3N3O2S/c1-10(2)16-13(8-24-18-17(16)25-11(3)29-18)7-15(27)6-12-5-14(20(21,22)23)9-26(4)19(12)28/h5,8-10H,6-7H2,1-4H3. The molecule has 0 saturated carbocycles. The van der Waals surface area contributed by atoms with Gasteiger partial charge in [0.2, 0.25) is 0 Å². The van der Waals surface area contributed by atoms with E-state index in [1.54, 1.807) is 6.20 Å². The van der Waals surface area contributed by atoms with Crippen LogP contribution < -0.4 is 5.56 Å². The van der Waals surface area contributed by atoms with Gasteiger partial charge in [0.05, 0.1) is 10.6 Å². The van der Waals surface area contributed by atoms with E-state index in [4.69, 9.17) is 0 Å². The van der Waals surface area contributed by atoms with Crippen molar-refractivity contribution in [1.29, 1.82) is 0 Å². The van der Waals surface area contributed by atoms with Gasteiger partial charge in [-0.1, -0.05) is 25.2 Å². The maximum absolute atomic E-state index is 13.0. The Kier molecular flexibility index (Phi) is 5.62. The summed E-state index contributed by atoms with van der Waals surface area (Å²) in [6.45, 7) is 5.85. The van der Waals surface area contributed by atoms with Crippen LogP contribution in [0.25, 0.3) is 10.3 Å². The molecule has 29 heavy (non-hydrogen) atoms. The lowest BCUT2D eigenvalue weighted by molar-refractivity contribution is -0.138. The van der Waals surface area contributed by atoms with Gasteiger partial charge >= 0.3 is 6.18 Å². The molecular formula is C20H20F3N3O2S. The first-order valence-corrected chi connectivity index (χ1v) is 9.82. The number of fused-ring (bicyclic) bond motifs is 1. The van der Waals surface area contributed by atoms with E-state index in [1.165, 1.54) is 18.4 Å². The van der Waals surface area contributed by atoms with Crippen molar-refractivity contribution in [3.63, 3.8) is 0 Å². The number of aromatic nitrogens is 3. The van der Waals surface area contributed by atoms with E-state index in [9.17, 15) is 22.8 Å². The molecule has 0 saturated heterocycles. The first kappa shape index (κ1) is 21.2. The molecule has 0 aliphatic heterocycles. The van der Waals surface area contributed by atoms with Crippen molar-refractivity contribution in [3.05, 3.63) is 56.1 Å². The van der Waals surface area contributed by atoms with E-state index in [0.717, 1.165) is 37.7 Å². The van der Waals surface area contributed by atoms with Crippen LogP contribution in [-0.4, -0.2) is 20.3 Å². The summed E-state index contributed by atoms with van der Waals surface area (Å²) in [5.41, 5.74) is 0.612. The topological polar surface area (TPSA) is 64.8 Å². The van der Waals surface area contributed by atoms with Gasteiger partial charge in [-0.25, -0.2) is 9.97 Å². The van der Waals surface area contributed by atoms with Crippen LogP contribution in [0.15, 0.2) is 23.3 Å². The molecule has 0 aliphatic carbocycles. The average Bonchev–Trinajstić information content (AvgIpc) is 2.97. The van der Waals surface area contributed by atoms with Crippen LogP contribution >= 0.6 is 11.3 Å². The predicted octanol–water partition coefficient (Wildman–Crippen LogP) is 4.19. The number of pyridine rings is 2. The number of hydrogen-bond acceptors (Lipinski definition) is 5. The molecule has 0 radical (unpaired) electrons. The SMILES string of the molecule is Cc1nc2c(C(C)C)c(CC(=O)Cc3cc(C(F)(F)F)cn(C)c3=O)cnc2s1. The minimum absolute atomic E-state index is 0.0214. The number of Topliss-reactive ketones (excluding diaryl/α,β-unsaturated/α-hetero) is 1. The zero-order valence-corrected chi connectivity index (χ0v) is 17.2. The third-order valence-electron chi connectivity index (χ3n) is 4.59. The maximum Gasteiger partial charge on any atom is 0.417 e. The molecule has 0 spiro atoms. The molecule has 3 aromatic rings. The summed E-state index contributed by atoms with van der Waals surface area (Å²) in [7, 11) is 1.24. The summed E-state index contributed by atoms with van der Waals surface area (Å²) in [4.78, 5) is 34.5. The Hall–Kier alpha value is -2.55. The van der Waals surface area contributed by atoms with Crippen molar-refractivity contribution in [2.75, 3.05) is 0 Å². The first-order valence-electron chi connectivity index (χ1n) is 9.00. The molecule has 0 fully saturated rings. The zero-order chi connectivity index (χ0) is 21.5. The second-order valence-electron chi connectivity index (χ2n) is 7.30. The van der Waals surface area contributed by atoms with Crippen molar-refractivity contribution in [3.8, 4) is 0 Å². The number of alkyl halides is 3. The van der Waals surface area contributed by atoms with Crippen molar-refractivity contribution < 1.29 is 18.0 Å². The smallest absolute Gasteiger partial charge is 0.318 e. The van der Waals surface area contributed by atoms with Crippen molar-refractivity contribution in [2.45, 2.75) is 45.7 Å². The van der Waals surface area contributed by atoms with Gasteiger partial charge in [-0.15, -0.1) is 0 Å². The highest BCUT2D eigenvalue weighted by molar-refractivity contribution is 7.18. The third-order valence-corrected chi connectivity index (χ3v) is 5.47. The van der Waals surface area contributed by atoms with Crippen LogP contribution in [0.5, 0.6) is 0 Å². The Morgan fingerprint density at radius 2 is 1.90 bits per heavy atom. The Balaban J connectivity index is 1.93. The third kappa shape index (κ3) is 4.39. The fourth-order valence-corrected chi connectivity index (χ4v) is 4.15.